The number of sulfonamides is 1. The van der Waals surface area contributed by atoms with E-state index < -0.39 is 10.0 Å². The summed E-state index contributed by atoms with van der Waals surface area (Å²) in [7, 11) is -3.56. The molecular weight excluding hydrogens is 315 g/mol. The van der Waals surface area contributed by atoms with Crippen molar-refractivity contribution in [2.75, 3.05) is 6.54 Å². The molecule has 1 aromatic carbocycles. The molecule has 1 aromatic rings. The van der Waals surface area contributed by atoms with Crippen molar-refractivity contribution in [2.24, 2.45) is 5.14 Å². The number of primary sulfonamides is 1. The summed E-state index contributed by atoms with van der Waals surface area (Å²) in [5.74, 6) is 0. The summed E-state index contributed by atoms with van der Waals surface area (Å²) in [4.78, 5) is 0.156. The molecule has 4 nitrogen and oxygen atoms in total. The lowest BCUT2D eigenvalue weighted by Gasteiger charge is -2.01. The molecule has 6 heteroatoms. The summed E-state index contributed by atoms with van der Waals surface area (Å²) in [5, 5.41) is 4.97. The highest BCUT2D eigenvalue weighted by Crippen LogP contribution is 2.08. The third-order valence-electron chi connectivity index (χ3n) is 1.76. The van der Waals surface area contributed by atoms with Crippen LogP contribution in [0, 0.1) is 0 Å². The molecule has 0 spiro atoms. The minimum Gasteiger partial charge on any atom is -0.261 e. The van der Waals surface area contributed by atoms with Gasteiger partial charge in [0.2, 0.25) is 10.0 Å². The van der Waals surface area contributed by atoms with Crippen molar-refractivity contribution >= 4 is 32.9 Å². The fourth-order valence-corrected chi connectivity index (χ4v) is 1.82. The summed E-state index contributed by atoms with van der Waals surface area (Å²) in [6.07, 6.45) is 0.869. The van der Waals surface area contributed by atoms with E-state index in [0.717, 1.165) is 18.5 Å². The molecule has 0 radical (unpaired) electrons. The molecule has 0 saturated heterocycles. The Bertz CT molecular complexity index is 388. The van der Waals surface area contributed by atoms with Gasteiger partial charge in [-0.05, 0) is 24.1 Å². The molecule has 0 aliphatic carbocycles. The molecule has 78 valence electrons. The van der Waals surface area contributed by atoms with E-state index in [1.807, 2.05) is 0 Å². The largest absolute Gasteiger partial charge is 0.261 e. The molecule has 0 heterocycles. The number of benzene rings is 1. The van der Waals surface area contributed by atoms with Crippen LogP contribution in [0.2, 0.25) is 0 Å². The summed E-state index contributed by atoms with van der Waals surface area (Å²) >= 11 is 2.07. The maximum absolute atomic E-state index is 10.9. The number of rotatable bonds is 4. The Morgan fingerprint density at radius 1 is 1.29 bits per heavy atom. The number of hydrogen-bond donors (Lipinski definition) is 2. The van der Waals surface area contributed by atoms with Gasteiger partial charge in [-0.3, -0.25) is 3.53 Å². The zero-order valence-electron chi connectivity index (χ0n) is 7.40. The fraction of sp³-hybridized carbons (Fsp3) is 0.250. The maximum Gasteiger partial charge on any atom is 0.238 e. The molecule has 0 atom stereocenters. The highest BCUT2D eigenvalue weighted by atomic mass is 127. The number of hydrogen-bond acceptors (Lipinski definition) is 3. The van der Waals surface area contributed by atoms with Crippen LogP contribution in [-0.2, 0) is 16.4 Å². The van der Waals surface area contributed by atoms with E-state index in [4.69, 9.17) is 5.14 Å². The molecule has 3 N–H and O–H groups in total. The maximum atomic E-state index is 10.9. The monoisotopic (exact) mass is 326 g/mol. The molecule has 0 amide bonds. The van der Waals surface area contributed by atoms with Crippen LogP contribution in [0.3, 0.4) is 0 Å². The molecule has 0 aliphatic rings. The SMILES string of the molecule is NS(=O)(=O)c1ccc(CCNI)cc1. The lowest BCUT2D eigenvalue weighted by Crippen LogP contribution is -2.12. The predicted molar refractivity (Wildman–Crippen MR) is 63.5 cm³/mol. The van der Waals surface area contributed by atoms with Crippen LogP contribution in [0.25, 0.3) is 0 Å². The van der Waals surface area contributed by atoms with Crippen molar-refractivity contribution < 1.29 is 8.42 Å². The van der Waals surface area contributed by atoms with E-state index >= 15 is 0 Å². The van der Waals surface area contributed by atoms with Crippen molar-refractivity contribution in [1.29, 1.82) is 0 Å². The Morgan fingerprint density at radius 3 is 2.29 bits per heavy atom. The molecule has 0 fully saturated rings. The lowest BCUT2D eigenvalue weighted by molar-refractivity contribution is 0.598. The smallest absolute Gasteiger partial charge is 0.238 e. The Hall–Kier alpha value is -0.180. The van der Waals surface area contributed by atoms with Crippen molar-refractivity contribution in [1.82, 2.24) is 3.53 Å². The van der Waals surface area contributed by atoms with Crippen LogP contribution >= 0.6 is 22.9 Å². The first-order valence-electron chi connectivity index (χ1n) is 3.99. The van der Waals surface area contributed by atoms with Crippen LogP contribution in [-0.4, -0.2) is 15.0 Å². The average molecular weight is 326 g/mol. The topological polar surface area (TPSA) is 72.2 Å². The molecule has 0 aliphatic heterocycles. The van der Waals surface area contributed by atoms with Gasteiger partial charge in [-0.1, -0.05) is 12.1 Å². The average Bonchev–Trinajstić information content (AvgIpc) is 2.14. The van der Waals surface area contributed by atoms with Crippen LogP contribution < -0.4 is 8.67 Å². The van der Waals surface area contributed by atoms with Crippen LogP contribution in [0.5, 0.6) is 0 Å². The first-order valence-corrected chi connectivity index (χ1v) is 6.62. The summed E-state index contributed by atoms with van der Waals surface area (Å²) in [6, 6.07) is 6.59. The second kappa shape index (κ2) is 5.06. The molecule has 0 saturated carbocycles. The van der Waals surface area contributed by atoms with Crippen molar-refractivity contribution in [3.05, 3.63) is 29.8 Å². The highest BCUT2D eigenvalue weighted by molar-refractivity contribution is 14.1. The minimum absolute atomic E-state index is 0.156. The van der Waals surface area contributed by atoms with E-state index in [1.165, 1.54) is 12.1 Å². The Morgan fingerprint density at radius 2 is 1.86 bits per heavy atom. The van der Waals surface area contributed by atoms with Gasteiger partial charge in [0, 0.05) is 29.4 Å². The number of nitrogens with two attached hydrogens (primary N) is 1. The van der Waals surface area contributed by atoms with Gasteiger partial charge in [0.05, 0.1) is 4.90 Å². The van der Waals surface area contributed by atoms with E-state index in [-0.39, 0.29) is 4.90 Å². The third-order valence-corrected chi connectivity index (χ3v) is 3.23. The van der Waals surface area contributed by atoms with E-state index in [0.29, 0.717) is 0 Å². The van der Waals surface area contributed by atoms with Gasteiger partial charge in [0.1, 0.15) is 0 Å². The zero-order chi connectivity index (χ0) is 10.6. The van der Waals surface area contributed by atoms with Crippen LogP contribution in [0.1, 0.15) is 5.56 Å². The fourth-order valence-electron chi connectivity index (χ4n) is 1.04. The first kappa shape index (κ1) is 11.9. The Labute approximate surface area is 97.4 Å². The highest BCUT2D eigenvalue weighted by Gasteiger charge is 2.05. The molecule has 0 unspecified atom stereocenters. The molecule has 1 rings (SSSR count). The lowest BCUT2D eigenvalue weighted by atomic mass is 10.2. The molecule has 0 bridgehead atoms. The van der Waals surface area contributed by atoms with E-state index in [2.05, 4.69) is 26.4 Å². The van der Waals surface area contributed by atoms with Gasteiger partial charge in [0.15, 0.2) is 0 Å². The van der Waals surface area contributed by atoms with Crippen LogP contribution in [0.4, 0.5) is 0 Å². The number of halogens is 1. The Kier molecular flexibility index (Phi) is 4.30. The quantitative estimate of drug-likeness (QED) is 0.635. The third kappa shape index (κ3) is 3.52. The van der Waals surface area contributed by atoms with Gasteiger partial charge in [0.25, 0.3) is 0 Å². The summed E-state index contributed by atoms with van der Waals surface area (Å²) in [6.45, 7) is 0.856. The molecule has 0 aromatic heterocycles. The van der Waals surface area contributed by atoms with E-state index in [1.54, 1.807) is 12.1 Å². The standard InChI is InChI=1S/C8H11IN2O2S/c9-11-6-5-7-1-3-8(4-2-7)14(10,12)13/h1-4,11H,5-6H2,(H2,10,12,13). The van der Waals surface area contributed by atoms with Gasteiger partial charge < -0.3 is 0 Å². The summed E-state index contributed by atoms with van der Waals surface area (Å²) in [5.41, 5.74) is 1.08. The second-order valence-electron chi connectivity index (χ2n) is 2.82. The minimum atomic E-state index is -3.56. The van der Waals surface area contributed by atoms with Gasteiger partial charge in [-0.15, -0.1) is 0 Å². The Balaban J connectivity index is 2.79. The van der Waals surface area contributed by atoms with Gasteiger partial charge in [-0.25, -0.2) is 13.6 Å². The zero-order valence-corrected chi connectivity index (χ0v) is 10.4. The van der Waals surface area contributed by atoms with Crippen LogP contribution in [0.15, 0.2) is 29.2 Å². The van der Waals surface area contributed by atoms with Gasteiger partial charge >= 0.3 is 0 Å². The number of nitrogens with one attached hydrogen (secondary N) is 1. The summed E-state index contributed by atoms with van der Waals surface area (Å²) < 4.78 is 24.8. The van der Waals surface area contributed by atoms with E-state index in [9.17, 15) is 8.42 Å². The van der Waals surface area contributed by atoms with Crippen molar-refractivity contribution in [2.45, 2.75) is 11.3 Å². The van der Waals surface area contributed by atoms with Crippen molar-refractivity contribution in [3.8, 4) is 0 Å². The first-order chi connectivity index (χ1) is 6.54. The predicted octanol–water partition coefficient (Wildman–Crippen LogP) is 0.816. The normalized spacial score (nSPS) is 11.6. The van der Waals surface area contributed by atoms with Gasteiger partial charge in [-0.2, -0.15) is 0 Å². The van der Waals surface area contributed by atoms with Crippen molar-refractivity contribution in [3.63, 3.8) is 0 Å². The molecule has 14 heavy (non-hydrogen) atoms. The molecular formula is C8H11IN2O2S. The second-order valence-corrected chi connectivity index (χ2v) is 5.15.